The highest BCUT2D eigenvalue weighted by atomic mass is 19.1. The summed E-state index contributed by atoms with van der Waals surface area (Å²) in [6, 6.07) is 40.4. The summed E-state index contributed by atoms with van der Waals surface area (Å²) in [5.74, 6) is 4.23. The molecule has 0 saturated heterocycles. The van der Waals surface area contributed by atoms with Crippen LogP contribution in [0, 0.1) is 11.6 Å². The first kappa shape index (κ1) is 27.4. The predicted molar refractivity (Wildman–Crippen MR) is 159 cm³/mol. The molecule has 212 valence electrons. The number of rotatable bonds is 10. The summed E-state index contributed by atoms with van der Waals surface area (Å²) in [6.45, 7) is 0. The van der Waals surface area contributed by atoms with Gasteiger partial charge in [0.1, 0.15) is 46.1 Å². The van der Waals surface area contributed by atoms with E-state index in [1.165, 1.54) is 24.3 Å². The molecule has 7 heteroatoms. The zero-order chi connectivity index (χ0) is 29.4. The van der Waals surface area contributed by atoms with Crippen LogP contribution >= 0.6 is 0 Å². The van der Waals surface area contributed by atoms with Gasteiger partial charge in [0.25, 0.3) is 0 Å². The van der Waals surface area contributed by atoms with Gasteiger partial charge in [-0.15, -0.1) is 0 Å². The molecule has 0 spiro atoms. The highest BCUT2D eigenvalue weighted by Gasteiger charge is 2.10. The van der Waals surface area contributed by atoms with Crippen molar-refractivity contribution in [3.05, 3.63) is 157 Å². The molecule has 0 N–H and O–H groups in total. The van der Waals surface area contributed by atoms with Crippen molar-refractivity contribution >= 4 is 0 Å². The van der Waals surface area contributed by atoms with E-state index in [1.54, 1.807) is 97.1 Å². The minimum Gasteiger partial charge on any atom is -0.457 e. The molecule has 6 rings (SSSR count). The lowest BCUT2D eigenvalue weighted by Crippen LogP contribution is -1.91. The molecule has 0 bridgehead atoms. The van der Waals surface area contributed by atoms with Gasteiger partial charge < -0.3 is 23.7 Å². The largest absolute Gasteiger partial charge is 0.457 e. The Morgan fingerprint density at radius 1 is 0.279 bits per heavy atom. The summed E-state index contributed by atoms with van der Waals surface area (Å²) in [5.41, 5.74) is 0. The van der Waals surface area contributed by atoms with Gasteiger partial charge >= 0.3 is 0 Å². The zero-order valence-electron chi connectivity index (χ0n) is 22.7. The normalized spacial score (nSPS) is 10.6. The van der Waals surface area contributed by atoms with E-state index in [9.17, 15) is 8.78 Å². The Bertz CT molecular complexity index is 1690. The maximum absolute atomic E-state index is 13.6. The molecule has 6 aromatic rings. The van der Waals surface area contributed by atoms with Crippen LogP contribution in [0.1, 0.15) is 0 Å². The second-order valence-corrected chi connectivity index (χ2v) is 9.26. The Kier molecular flexibility index (Phi) is 8.13. The number of halogens is 2. The molecular formula is C36H24F2O5. The van der Waals surface area contributed by atoms with Crippen LogP contribution in [0.2, 0.25) is 0 Å². The molecule has 0 aliphatic rings. The summed E-state index contributed by atoms with van der Waals surface area (Å²) in [7, 11) is 0. The summed E-state index contributed by atoms with van der Waals surface area (Å²) in [6.07, 6.45) is 0. The predicted octanol–water partition coefficient (Wildman–Crippen LogP) is 10.9. The van der Waals surface area contributed by atoms with Crippen LogP contribution in [0.4, 0.5) is 8.78 Å². The average Bonchev–Trinajstić information content (AvgIpc) is 3.01. The van der Waals surface area contributed by atoms with Crippen molar-refractivity contribution < 1.29 is 32.5 Å². The van der Waals surface area contributed by atoms with Crippen LogP contribution in [0.3, 0.4) is 0 Å². The zero-order valence-corrected chi connectivity index (χ0v) is 22.7. The Labute approximate surface area is 247 Å². The minimum absolute atomic E-state index is 0.373. The van der Waals surface area contributed by atoms with Gasteiger partial charge in [-0.1, -0.05) is 36.4 Å². The first-order valence-electron chi connectivity index (χ1n) is 13.4. The van der Waals surface area contributed by atoms with E-state index in [1.807, 2.05) is 24.3 Å². The van der Waals surface area contributed by atoms with Crippen molar-refractivity contribution in [2.75, 3.05) is 0 Å². The molecular weight excluding hydrogens is 550 g/mol. The lowest BCUT2D eigenvalue weighted by molar-refractivity contribution is 0.415. The van der Waals surface area contributed by atoms with E-state index in [-0.39, 0.29) is 11.6 Å². The van der Waals surface area contributed by atoms with Crippen LogP contribution in [0.25, 0.3) is 0 Å². The van der Waals surface area contributed by atoms with Gasteiger partial charge in [0.15, 0.2) is 23.0 Å². The second kappa shape index (κ2) is 12.8. The molecule has 0 heterocycles. The molecule has 0 fully saturated rings. The molecule has 6 aromatic carbocycles. The van der Waals surface area contributed by atoms with Gasteiger partial charge in [-0.3, -0.25) is 0 Å². The maximum Gasteiger partial charge on any atom is 0.169 e. The molecule has 0 saturated carbocycles. The van der Waals surface area contributed by atoms with E-state index < -0.39 is 0 Å². The molecule has 0 unspecified atom stereocenters. The first-order chi connectivity index (χ1) is 21.1. The molecule has 5 nitrogen and oxygen atoms in total. The van der Waals surface area contributed by atoms with E-state index in [4.69, 9.17) is 23.7 Å². The van der Waals surface area contributed by atoms with Gasteiger partial charge in [0.05, 0.1) is 0 Å². The average molecular weight is 575 g/mol. The Morgan fingerprint density at radius 2 is 0.581 bits per heavy atom. The molecule has 0 radical (unpaired) electrons. The standard InChI is InChI=1S/C36H24F2O5/c37-25-7-5-9-31(23-25)42-35-13-3-1-11-33(35)40-29-19-15-27(16-20-29)39-28-17-21-30(22-18-28)41-34-12-2-4-14-36(34)43-32-10-6-8-26(38)24-32/h1-24H. The summed E-state index contributed by atoms with van der Waals surface area (Å²) < 4.78 is 56.8. The highest BCUT2D eigenvalue weighted by Crippen LogP contribution is 2.37. The van der Waals surface area contributed by atoms with Crippen LogP contribution < -0.4 is 23.7 Å². The fourth-order valence-corrected chi connectivity index (χ4v) is 4.09. The quantitative estimate of drug-likeness (QED) is 0.163. The Hall–Kier alpha value is -5.82. The molecule has 0 aromatic heterocycles. The number of benzene rings is 6. The van der Waals surface area contributed by atoms with Gasteiger partial charge in [0, 0.05) is 12.1 Å². The monoisotopic (exact) mass is 574 g/mol. The number of para-hydroxylation sites is 4. The molecule has 43 heavy (non-hydrogen) atoms. The van der Waals surface area contributed by atoms with Gasteiger partial charge in [0.2, 0.25) is 0 Å². The maximum atomic E-state index is 13.6. The van der Waals surface area contributed by atoms with Gasteiger partial charge in [-0.25, -0.2) is 8.78 Å². The second-order valence-electron chi connectivity index (χ2n) is 9.26. The third-order valence-corrected chi connectivity index (χ3v) is 6.08. The van der Waals surface area contributed by atoms with Crippen molar-refractivity contribution in [1.82, 2.24) is 0 Å². The Balaban J connectivity index is 1.08. The fraction of sp³-hybridized carbons (Fsp3) is 0. The van der Waals surface area contributed by atoms with Gasteiger partial charge in [-0.05, 0) is 97.1 Å². The fourth-order valence-electron chi connectivity index (χ4n) is 4.09. The summed E-state index contributed by atoms with van der Waals surface area (Å²) >= 11 is 0. The SMILES string of the molecule is Fc1cccc(Oc2ccccc2Oc2ccc(Oc3ccc(Oc4ccccc4Oc4cccc(F)c4)cc3)cc2)c1. The van der Waals surface area contributed by atoms with Crippen molar-refractivity contribution in [2.45, 2.75) is 0 Å². The molecule has 0 atom stereocenters. The van der Waals surface area contributed by atoms with E-state index >= 15 is 0 Å². The van der Waals surface area contributed by atoms with Crippen molar-refractivity contribution in [3.8, 4) is 57.5 Å². The number of hydrogen-bond donors (Lipinski definition) is 0. The smallest absolute Gasteiger partial charge is 0.169 e. The minimum atomic E-state index is -0.383. The van der Waals surface area contributed by atoms with Crippen molar-refractivity contribution in [3.63, 3.8) is 0 Å². The van der Waals surface area contributed by atoms with E-state index in [0.29, 0.717) is 57.5 Å². The van der Waals surface area contributed by atoms with Crippen LogP contribution in [0.15, 0.2) is 146 Å². The number of hydrogen-bond acceptors (Lipinski definition) is 5. The van der Waals surface area contributed by atoms with E-state index in [2.05, 4.69) is 0 Å². The topological polar surface area (TPSA) is 46.2 Å². The lowest BCUT2D eigenvalue weighted by Gasteiger charge is -2.13. The number of ether oxygens (including phenoxy) is 5. The third kappa shape index (κ3) is 7.28. The first-order valence-corrected chi connectivity index (χ1v) is 13.4. The van der Waals surface area contributed by atoms with Crippen LogP contribution in [0.5, 0.6) is 57.5 Å². The van der Waals surface area contributed by atoms with Crippen LogP contribution in [-0.2, 0) is 0 Å². The van der Waals surface area contributed by atoms with Crippen LogP contribution in [-0.4, -0.2) is 0 Å². The van der Waals surface area contributed by atoms with E-state index in [0.717, 1.165) is 0 Å². The lowest BCUT2D eigenvalue weighted by atomic mass is 10.3. The highest BCUT2D eigenvalue weighted by molar-refractivity contribution is 5.48. The van der Waals surface area contributed by atoms with Crippen molar-refractivity contribution in [1.29, 1.82) is 0 Å². The summed E-state index contributed by atoms with van der Waals surface area (Å²) in [4.78, 5) is 0. The van der Waals surface area contributed by atoms with Crippen molar-refractivity contribution in [2.24, 2.45) is 0 Å². The molecule has 0 aliphatic carbocycles. The third-order valence-electron chi connectivity index (χ3n) is 6.08. The molecule has 0 amide bonds. The molecule has 0 aliphatic heterocycles. The Morgan fingerprint density at radius 3 is 0.907 bits per heavy atom. The summed E-state index contributed by atoms with van der Waals surface area (Å²) in [5, 5.41) is 0. The van der Waals surface area contributed by atoms with Gasteiger partial charge in [-0.2, -0.15) is 0 Å².